The molecular formula is C16H19BrFNOS. The zero-order chi connectivity index (χ0) is 15.4. The molecule has 1 aromatic carbocycles. The first-order valence-corrected chi connectivity index (χ1v) is 8.47. The number of likely N-dealkylation sites (N-methyl/N-ethyl adjacent to an activating group) is 1. The van der Waals surface area contributed by atoms with E-state index in [1.807, 2.05) is 6.07 Å². The maximum Gasteiger partial charge on any atom is 0.165 e. The summed E-state index contributed by atoms with van der Waals surface area (Å²) in [7, 11) is 1.48. The lowest BCUT2D eigenvalue weighted by atomic mass is 10.0. The van der Waals surface area contributed by atoms with Gasteiger partial charge in [0.15, 0.2) is 11.6 Å². The van der Waals surface area contributed by atoms with E-state index >= 15 is 0 Å². The Balaban J connectivity index is 2.21. The molecule has 0 saturated heterocycles. The summed E-state index contributed by atoms with van der Waals surface area (Å²) in [5, 5.41) is 3.47. The molecule has 2 aromatic rings. The molecule has 0 bridgehead atoms. The van der Waals surface area contributed by atoms with E-state index in [2.05, 4.69) is 41.2 Å². The monoisotopic (exact) mass is 371 g/mol. The maximum atomic E-state index is 13.8. The molecule has 2 nitrogen and oxygen atoms in total. The van der Waals surface area contributed by atoms with Crippen LogP contribution in [-0.2, 0) is 6.42 Å². The quantitative estimate of drug-likeness (QED) is 0.782. The van der Waals surface area contributed by atoms with Crippen LogP contribution in [-0.4, -0.2) is 13.7 Å². The molecule has 0 fully saturated rings. The van der Waals surface area contributed by atoms with Gasteiger partial charge in [-0.1, -0.05) is 13.0 Å². The Kier molecular flexibility index (Phi) is 5.79. The van der Waals surface area contributed by atoms with Crippen molar-refractivity contribution in [3.8, 4) is 5.75 Å². The van der Waals surface area contributed by atoms with Crippen LogP contribution in [0.25, 0.3) is 0 Å². The normalized spacial score (nSPS) is 12.4. The second-order valence-electron chi connectivity index (χ2n) is 4.89. The van der Waals surface area contributed by atoms with Gasteiger partial charge >= 0.3 is 0 Å². The molecule has 0 aliphatic heterocycles. The summed E-state index contributed by atoms with van der Waals surface area (Å²) in [5.74, 6) is -0.0257. The SMILES string of the molecule is CCNC(Cc1ccc(OC)c(F)c1)c1cc(C)c(Br)s1. The van der Waals surface area contributed by atoms with Crippen molar-refractivity contribution in [3.05, 3.63) is 49.9 Å². The van der Waals surface area contributed by atoms with Crippen LogP contribution in [0.4, 0.5) is 4.39 Å². The summed E-state index contributed by atoms with van der Waals surface area (Å²) in [4.78, 5) is 1.26. The van der Waals surface area contributed by atoms with Crippen LogP contribution >= 0.6 is 27.3 Å². The number of methoxy groups -OCH3 is 1. The molecule has 2 rings (SSSR count). The van der Waals surface area contributed by atoms with Gasteiger partial charge in [0, 0.05) is 10.9 Å². The largest absolute Gasteiger partial charge is 0.494 e. The molecule has 21 heavy (non-hydrogen) atoms. The topological polar surface area (TPSA) is 21.3 Å². The minimum atomic E-state index is -0.311. The highest BCUT2D eigenvalue weighted by atomic mass is 79.9. The lowest BCUT2D eigenvalue weighted by Crippen LogP contribution is -2.22. The molecule has 1 aromatic heterocycles. The van der Waals surface area contributed by atoms with E-state index in [9.17, 15) is 4.39 Å². The second kappa shape index (κ2) is 7.38. The fourth-order valence-electron chi connectivity index (χ4n) is 2.25. The lowest BCUT2D eigenvalue weighted by Gasteiger charge is -2.17. The van der Waals surface area contributed by atoms with Gasteiger partial charge in [-0.15, -0.1) is 11.3 Å². The Bertz CT molecular complexity index is 595. The van der Waals surface area contributed by atoms with E-state index in [4.69, 9.17) is 4.74 Å². The number of aryl methyl sites for hydroxylation is 1. The number of ether oxygens (including phenoxy) is 1. The number of halogens is 2. The second-order valence-corrected chi connectivity index (χ2v) is 7.29. The first-order chi connectivity index (χ1) is 10.0. The third kappa shape index (κ3) is 4.05. The number of hydrogen-bond acceptors (Lipinski definition) is 3. The molecule has 0 amide bonds. The smallest absolute Gasteiger partial charge is 0.165 e. The van der Waals surface area contributed by atoms with Crippen molar-refractivity contribution >= 4 is 27.3 Å². The summed E-state index contributed by atoms with van der Waals surface area (Å²) >= 11 is 5.29. The third-order valence-electron chi connectivity index (χ3n) is 3.33. The predicted molar refractivity (Wildman–Crippen MR) is 89.8 cm³/mol. The summed E-state index contributed by atoms with van der Waals surface area (Å²) in [5.41, 5.74) is 2.19. The molecule has 1 unspecified atom stereocenters. The highest BCUT2D eigenvalue weighted by Crippen LogP contribution is 2.33. The number of hydrogen-bond donors (Lipinski definition) is 1. The van der Waals surface area contributed by atoms with Gasteiger partial charge < -0.3 is 10.1 Å². The van der Waals surface area contributed by atoms with Crippen LogP contribution in [0.2, 0.25) is 0 Å². The summed E-state index contributed by atoms with van der Waals surface area (Å²) in [6.45, 7) is 5.04. The fourth-order valence-corrected chi connectivity index (χ4v) is 3.89. The standard InChI is InChI=1S/C16H19BrFNOS/c1-4-19-13(15-7-10(2)16(17)21-15)9-11-5-6-14(20-3)12(18)8-11/h5-8,13,19H,4,9H2,1-3H3. The first kappa shape index (κ1) is 16.5. The van der Waals surface area contributed by atoms with E-state index < -0.39 is 0 Å². The maximum absolute atomic E-state index is 13.8. The van der Waals surface area contributed by atoms with E-state index in [-0.39, 0.29) is 17.6 Å². The minimum Gasteiger partial charge on any atom is -0.494 e. The van der Waals surface area contributed by atoms with Crippen LogP contribution in [0.15, 0.2) is 28.1 Å². The number of thiophene rings is 1. The van der Waals surface area contributed by atoms with Gasteiger partial charge in [0.2, 0.25) is 0 Å². The van der Waals surface area contributed by atoms with Crippen LogP contribution in [0.3, 0.4) is 0 Å². The summed E-state index contributed by atoms with van der Waals surface area (Å²) < 4.78 is 19.9. The molecule has 1 atom stereocenters. The van der Waals surface area contributed by atoms with Crippen molar-refractivity contribution in [3.63, 3.8) is 0 Å². The van der Waals surface area contributed by atoms with Crippen molar-refractivity contribution in [2.24, 2.45) is 0 Å². The Labute approximate surface area is 137 Å². The number of nitrogens with one attached hydrogen (secondary N) is 1. The molecule has 0 spiro atoms. The zero-order valence-electron chi connectivity index (χ0n) is 12.4. The molecule has 0 aliphatic carbocycles. The molecular weight excluding hydrogens is 353 g/mol. The molecule has 114 valence electrons. The number of benzene rings is 1. The first-order valence-electron chi connectivity index (χ1n) is 6.86. The van der Waals surface area contributed by atoms with Crippen LogP contribution in [0.1, 0.15) is 29.0 Å². The molecule has 1 N–H and O–H groups in total. The van der Waals surface area contributed by atoms with Crippen LogP contribution in [0, 0.1) is 12.7 Å². The average Bonchev–Trinajstić information content (AvgIpc) is 2.78. The van der Waals surface area contributed by atoms with Gasteiger partial charge in [-0.2, -0.15) is 0 Å². The summed E-state index contributed by atoms with van der Waals surface area (Å²) in [6.07, 6.45) is 0.751. The molecule has 0 aliphatic rings. The van der Waals surface area contributed by atoms with E-state index in [0.717, 1.165) is 22.3 Å². The molecule has 0 saturated carbocycles. The Morgan fingerprint density at radius 3 is 2.67 bits per heavy atom. The van der Waals surface area contributed by atoms with Gasteiger partial charge in [0.05, 0.1) is 10.9 Å². The van der Waals surface area contributed by atoms with Crippen molar-refractivity contribution in [2.45, 2.75) is 26.3 Å². The minimum absolute atomic E-state index is 0.192. The highest BCUT2D eigenvalue weighted by Gasteiger charge is 2.16. The van der Waals surface area contributed by atoms with Crippen molar-refractivity contribution in [2.75, 3.05) is 13.7 Å². The average molecular weight is 372 g/mol. The predicted octanol–water partition coefficient (Wildman–Crippen LogP) is 4.86. The molecule has 5 heteroatoms. The van der Waals surface area contributed by atoms with Crippen molar-refractivity contribution in [1.82, 2.24) is 5.32 Å². The molecule has 0 radical (unpaired) electrons. The zero-order valence-corrected chi connectivity index (χ0v) is 14.8. The van der Waals surface area contributed by atoms with E-state index in [0.29, 0.717) is 0 Å². The van der Waals surface area contributed by atoms with Crippen LogP contribution < -0.4 is 10.1 Å². The van der Waals surface area contributed by atoms with Gasteiger partial charge in [-0.3, -0.25) is 0 Å². The van der Waals surface area contributed by atoms with Crippen LogP contribution in [0.5, 0.6) is 5.75 Å². The van der Waals surface area contributed by atoms with Crippen molar-refractivity contribution in [1.29, 1.82) is 0 Å². The lowest BCUT2D eigenvalue weighted by molar-refractivity contribution is 0.386. The Morgan fingerprint density at radius 2 is 2.14 bits per heavy atom. The fraction of sp³-hybridized carbons (Fsp3) is 0.375. The van der Waals surface area contributed by atoms with Gasteiger partial charge in [-0.25, -0.2) is 4.39 Å². The Hall–Kier alpha value is -0.910. The van der Waals surface area contributed by atoms with Gasteiger partial charge in [-0.05, 0) is 65.1 Å². The number of rotatable bonds is 6. The van der Waals surface area contributed by atoms with E-state index in [1.54, 1.807) is 23.5 Å². The van der Waals surface area contributed by atoms with Crippen molar-refractivity contribution < 1.29 is 9.13 Å². The van der Waals surface area contributed by atoms with E-state index in [1.165, 1.54) is 17.6 Å². The molecule has 1 heterocycles. The third-order valence-corrected chi connectivity index (χ3v) is 5.58. The van der Waals surface area contributed by atoms with Gasteiger partial charge in [0.25, 0.3) is 0 Å². The summed E-state index contributed by atoms with van der Waals surface area (Å²) in [6, 6.07) is 7.53. The Morgan fingerprint density at radius 1 is 1.38 bits per heavy atom. The highest BCUT2D eigenvalue weighted by molar-refractivity contribution is 9.11. The van der Waals surface area contributed by atoms with Gasteiger partial charge in [0.1, 0.15) is 0 Å².